The lowest BCUT2D eigenvalue weighted by Crippen LogP contribution is -2.28. The molecule has 0 aliphatic heterocycles. The van der Waals surface area contributed by atoms with Crippen LogP contribution in [0.2, 0.25) is 0 Å². The number of aliphatic hydroxyl groups excluding tert-OH is 1. The molecule has 2 N–H and O–H groups in total. The number of rotatable bonds is 4. The lowest BCUT2D eigenvalue weighted by Gasteiger charge is -2.03. The summed E-state index contributed by atoms with van der Waals surface area (Å²) in [5.41, 5.74) is 0.164. The molecule has 0 atom stereocenters. The van der Waals surface area contributed by atoms with E-state index >= 15 is 0 Å². The predicted molar refractivity (Wildman–Crippen MR) is 46.0 cm³/mol. The molecule has 0 aliphatic carbocycles. The van der Waals surface area contributed by atoms with E-state index in [1.807, 2.05) is 0 Å². The van der Waals surface area contributed by atoms with E-state index in [0.29, 0.717) is 6.42 Å². The number of hydrogen-bond acceptors (Lipinski definition) is 4. The Kier molecular flexibility index (Phi) is 5.54. The zero-order chi connectivity index (χ0) is 10.3. The van der Waals surface area contributed by atoms with Gasteiger partial charge in [-0.1, -0.05) is 6.58 Å². The first kappa shape index (κ1) is 11.6. The Balaban J connectivity index is 3.62. The van der Waals surface area contributed by atoms with Gasteiger partial charge in [-0.15, -0.1) is 0 Å². The fraction of sp³-hybridized carbons (Fsp3) is 0.500. The largest absolute Gasteiger partial charge is 0.415 e. The molecule has 5 heteroatoms. The molecule has 0 heterocycles. The molecule has 74 valence electrons. The Hall–Kier alpha value is -1.36. The molecular weight excluding hydrogens is 174 g/mol. The first-order valence-electron chi connectivity index (χ1n) is 3.84. The van der Waals surface area contributed by atoms with E-state index < -0.39 is 12.1 Å². The van der Waals surface area contributed by atoms with Crippen LogP contribution in [-0.4, -0.2) is 30.3 Å². The zero-order valence-electron chi connectivity index (χ0n) is 7.50. The van der Waals surface area contributed by atoms with Crippen molar-refractivity contribution < 1.29 is 19.4 Å². The Bertz CT molecular complexity index is 212. The molecule has 0 aromatic carbocycles. The number of carbonyl (C=O) groups is 2. The van der Waals surface area contributed by atoms with Crippen molar-refractivity contribution in [2.75, 3.05) is 13.2 Å². The number of ether oxygens (including phenoxy) is 1. The van der Waals surface area contributed by atoms with Crippen LogP contribution in [-0.2, 0) is 9.53 Å². The van der Waals surface area contributed by atoms with Crippen LogP contribution in [0.25, 0.3) is 0 Å². The molecule has 0 saturated carbocycles. The molecule has 0 rings (SSSR count). The second-order valence-corrected chi connectivity index (χ2v) is 2.46. The van der Waals surface area contributed by atoms with Gasteiger partial charge in [-0.3, -0.25) is 0 Å². The van der Waals surface area contributed by atoms with Crippen LogP contribution in [0, 0.1) is 0 Å². The van der Waals surface area contributed by atoms with Crippen molar-refractivity contribution in [1.82, 2.24) is 5.32 Å². The highest BCUT2D eigenvalue weighted by Crippen LogP contribution is 1.91. The average molecular weight is 187 g/mol. The minimum Gasteiger partial charge on any atom is -0.396 e. The van der Waals surface area contributed by atoms with Gasteiger partial charge >= 0.3 is 12.1 Å². The maximum atomic E-state index is 10.8. The van der Waals surface area contributed by atoms with E-state index in [1.54, 1.807) is 0 Å². The molecule has 0 aromatic heterocycles. The maximum absolute atomic E-state index is 10.8. The van der Waals surface area contributed by atoms with Crippen molar-refractivity contribution in [3.8, 4) is 0 Å². The molecule has 5 nitrogen and oxygen atoms in total. The van der Waals surface area contributed by atoms with Crippen LogP contribution in [0.1, 0.15) is 13.3 Å². The van der Waals surface area contributed by atoms with Crippen LogP contribution in [0.3, 0.4) is 0 Å². The van der Waals surface area contributed by atoms with Gasteiger partial charge in [0.2, 0.25) is 0 Å². The number of nitrogens with one attached hydrogen (secondary N) is 1. The fourth-order valence-electron chi connectivity index (χ4n) is 0.477. The Morgan fingerprint density at radius 1 is 1.54 bits per heavy atom. The first-order chi connectivity index (χ1) is 6.07. The molecule has 1 amide bonds. The van der Waals surface area contributed by atoms with Crippen molar-refractivity contribution >= 4 is 12.1 Å². The van der Waals surface area contributed by atoms with Crippen molar-refractivity contribution in [3.63, 3.8) is 0 Å². The van der Waals surface area contributed by atoms with Crippen LogP contribution in [0.5, 0.6) is 0 Å². The summed E-state index contributed by atoms with van der Waals surface area (Å²) in [7, 11) is 0. The quantitative estimate of drug-likeness (QED) is 0.285. The van der Waals surface area contributed by atoms with Crippen molar-refractivity contribution in [3.05, 3.63) is 12.2 Å². The van der Waals surface area contributed by atoms with Crippen molar-refractivity contribution in [2.45, 2.75) is 13.3 Å². The van der Waals surface area contributed by atoms with E-state index in [0.717, 1.165) is 0 Å². The molecule has 13 heavy (non-hydrogen) atoms. The van der Waals surface area contributed by atoms with Gasteiger partial charge in [-0.2, -0.15) is 0 Å². The van der Waals surface area contributed by atoms with Gasteiger partial charge in [0.05, 0.1) is 0 Å². The van der Waals surface area contributed by atoms with Crippen molar-refractivity contribution in [1.29, 1.82) is 0 Å². The SMILES string of the molecule is C=C(C)C(=O)OC(=O)NCCCO. The molecule has 0 bridgehead atoms. The molecule has 0 radical (unpaired) electrons. The predicted octanol–water partition coefficient (Wildman–Crippen LogP) is 0.198. The third kappa shape index (κ3) is 5.86. The third-order valence-corrected chi connectivity index (χ3v) is 1.14. The van der Waals surface area contributed by atoms with E-state index in [9.17, 15) is 9.59 Å². The van der Waals surface area contributed by atoms with Gasteiger partial charge in [0.1, 0.15) is 0 Å². The number of alkyl carbamates (subject to hydrolysis) is 1. The summed E-state index contributed by atoms with van der Waals surface area (Å²) in [5.74, 6) is -0.749. The Morgan fingerprint density at radius 3 is 2.62 bits per heavy atom. The monoisotopic (exact) mass is 187 g/mol. The Labute approximate surface area is 76.4 Å². The minimum absolute atomic E-state index is 0.0191. The highest BCUT2D eigenvalue weighted by molar-refractivity contribution is 5.94. The van der Waals surface area contributed by atoms with Crippen LogP contribution in [0.4, 0.5) is 4.79 Å². The van der Waals surface area contributed by atoms with E-state index in [-0.39, 0.29) is 18.7 Å². The average Bonchev–Trinajstić information content (AvgIpc) is 2.04. The van der Waals surface area contributed by atoms with Gasteiger partial charge in [-0.25, -0.2) is 9.59 Å². The topological polar surface area (TPSA) is 75.6 Å². The van der Waals surface area contributed by atoms with Crippen LogP contribution < -0.4 is 5.32 Å². The summed E-state index contributed by atoms with van der Waals surface area (Å²) < 4.78 is 4.29. The van der Waals surface area contributed by atoms with E-state index in [2.05, 4.69) is 16.6 Å². The molecule has 0 aromatic rings. The summed E-state index contributed by atoms with van der Waals surface area (Å²) in [4.78, 5) is 21.5. The second-order valence-electron chi connectivity index (χ2n) is 2.46. The van der Waals surface area contributed by atoms with Gasteiger partial charge in [0.15, 0.2) is 0 Å². The standard InChI is InChI=1S/C8H13NO4/c1-6(2)7(11)13-8(12)9-4-3-5-10/h10H,1,3-5H2,2H3,(H,9,12). The summed E-state index contributed by atoms with van der Waals surface area (Å²) in [6.07, 6.45) is -0.391. The summed E-state index contributed by atoms with van der Waals surface area (Å²) in [6, 6.07) is 0. The molecule has 0 aliphatic rings. The van der Waals surface area contributed by atoms with E-state index in [1.165, 1.54) is 6.92 Å². The normalized spacial score (nSPS) is 9.08. The second kappa shape index (κ2) is 6.19. The molecule has 0 fully saturated rings. The first-order valence-corrected chi connectivity index (χ1v) is 3.84. The molecule has 0 spiro atoms. The highest BCUT2D eigenvalue weighted by Gasteiger charge is 2.09. The lowest BCUT2D eigenvalue weighted by molar-refractivity contribution is -0.132. The minimum atomic E-state index is -0.818. The van der Waals surface area contributed by atoms with Crippen LogP contribution in [0.15, 0.2) is 12.2 Å². The highest BCUT2D eigenvalue weighted by atomic mass is 16.6. The maximum Gasteiger partial charge on any atom is 0.415 e. The molecule has 0 unspecified atom stereocenters. The Morgan fingerprint density at radius 2 is 2.15 bits per heavy atom. The van der Waals surface area contributed by atoms with E-state index in [4.69, 9.17) is 5.11 Å². The summed E-state index contributed by atoms with van der Waals surface area (Å²) >= 11 is 0. The van der Waals surface area contributed by atoms with Crippen LogP contribution >= 0.6 is 0 Å². The van der Waals surface area contributed by atoms with Gasteiger partial charge in [0, 0.05) is 18.7 Å². The number of carbonyl (C=O) groups excluding carboxylic acids is 2. The third-order valence-electron chi connectivity index (χ3n) is 1.14. The lowest BCUT2D eigenvalue weighted by atomic mass is 10.4. The van der Waals surface area contributed by atoms with Gasteiger partial charge in [0.25, 0.3) is 0 Å². The summed E-state index contributed by atoms with van der Waals surface area (Å²) in [5, 5.41) is 10.7. The fourth-order valence-corrected chi connectivity index (χ4v) is 0.477. The number of hydrogen-bond donors (Lipinski definition) is 2. The molecular formula is C8H13NO4. The smallest absolute Gasteiger partial charge is 0.396 e. The zero-order valence-corrected chi connectivity index (χ0v) is 7.50. The molecule has 0 saturated heterocycles. The summed E-state index contributed by atoms with van der Waals surface area (Å²) in [6.45, 7) is 5.02. The van der Waals surface area contributed by atoms with Crippen molar-refractivity contribution in [2.24, 2.45) is 0 Å². The van der Waals surface area contributed by atoms with Gasteiger partial charge < -0.3 is 15.2 Å². The number of esters is 1. The van der Waals surface area contributed by atoms with Gasteiger partial charge in [-0.05, 0) is 13.3 Å². The number of aliphatic hydroxyl groups is 1. The number of amides is 1.